The summed E-state index contributed by atoms with van der Waals surface area (Å²) in [5.41, 5.74) is 4.45. The molecule has 154 valence electrons. The Bertz CT molecular complexity index is 901. The van der Waals surface area contributed by atoms with E-state index >= 15 is 0 Å². The first-order chi connectivity index (χ1) is 14.9. The van der Waals surface area contributed by atoms with E-state index in [0.717, 1.165) is 19.0 Å². The molecule has 2 saturated heterocycles. The molecular formula is C28H32N2. The second-order valence-electron chi connectivity index (χ2n) is 8.99. The molecule has 30 heavy (non-hydrogen) atoms. The van der Waals surface area contributed by atoms with Gasteiger partial charge in [0.1, 0.15) is 0 Å². The second kappa shape index (κ2) is 9.16. The van der Waals surface area contributed by atoms with Crippen LogP contribution in [0.2, 0.25) is 0 Å². The van der Waals surface area contributed by atoms with E-state index in [-0.39, 0.29) is 0 Å². The molecule has 0 unspecified atom stereocenters. The quantitative estimate of drug-likeness (QED) is 0.559. The molecule has 3 aromatic rings. The van der Waals surface area contributed by atoms with E-state index in [0.29, 0.717) is 12.0 Å². The summed E-state index contributed by atoms with van der Waals surface area (Å²) < 4.78 is 0. The van der Waals surface area contributed by atoms with Gasteiger partial charge in [0.2, 0.25) is 0 Å². The SMILES string of the molecule is c1ccc(CN2C[C@@H](N3CCC(c4ccccc4)CC3)[C@H](c3ccccc3)C2)cc1. The van der Waals surface area contributed by atoms with Crippen molar-refractivity contribution in [2.75, 3.05) is 26.2 Å². The Morgan fingerprint density at radius 2 is 1.20 bits per heavy atom. The zero-order valence-corrected chi connectivity index (χ0v) is 17.7. The summed E-state index contributed by atoms with van der Waals surface area (Å²) >= 11 is 0. The van der Waals surface area contributed by atoms with Crippen molar-refractivity contribution in [1.82, 2.24) is 9.80 Å². The highest BCUT2D eigenvalue weighted by atomic mass is 15.3. The first-order valence-corrected chi connectivity index (χ1v) is 11.5. The zero-order valence-electron chi connectivity index (χ0n) is 17.7. The molecule has 2 atom stereocenters. The van der Waals surface area contributed by atoms with Crippen LogP contribution in [0.25, 0.3) is 0 Å². The molecule has 2 fully saturated rings. The molecule has 2 heteroatoms. The van der Waals surface area contributed by atoms with Gasteiger partial charge in [-0.15, -0.1) is 0 Å². The first kappa shape index (κ1) is 19.5. The summed E-state index contributed by atoms with van der Waals surface area (Å²) in [4.78, 5) is 5.46. The van der Waals surface area contributed by atoms with Crippen LogP contribution in [0.15, 0.2) is 91.0 Å². The van der Waals surface area contributed by atoms with E-state index in [1.807, 2.05) is 0 Å². The Balaban J connectivity index is 1.30. The van der Waals surface area contributed by atoms with Gasteiger partial charge in [0.15, 0.2) is 0 Å². The number of likely N-dealkylation sites (tertiary alicyclic amines) is 2. The van der Waals surface area contributed by atoms with Crippen molar-refractivity contribution in [2.45, 2.75) is 37.3 Å². The van der Waals surface area contributed by atoms with Crippen LogP contribution in [-0.2, 0) is 6.54 Å². The Labute approximate surface area is 181 Å². The minimum atomic E-state index is 0.600. The monoisotopic (exact) mass is 396 g/mol. The maximum absolute atomic E-state index is 2.79. The molecule has 5 rings (SSSR count). The van der Waals surface area contributed by atoms with Crippen LogP contribution in [0.4, 0.5) is 0 Å². The van der Waals surface area contributed by atoms with Crippen LogP contribution in [0.5, 0.6) is 0 Å². The summed E-state index contributed by atoms with van der Waals surface area (Å²) in [6.45, 7) is 5.81. The van der Waals surface area contributed by atoms with Crippen molar-refractivity contribution in [1.29, 1.82) is 0 Å². The van der Waals surface area contributed by atoms with Crippen molar-refractivity contribution < 1.29 is 0 Å². The van der Waals surface area contributed by atoms with Gasteiger partial charge in [0.05, 0.1) is 0 Å². The fraction of sp³-hybridized carbons (Fsp3) is 0.357. The molecule has 0 radical (unpaired) electrons. The summed E-state index contributed by atoms with van der Waals surface area (Å²) in [7, 11) is 0. The van der Waals surface area contributed by atoms with E-state index in [1.165, 1.54) is 49.2 Å². The number of nitrogens with zero attached hydrogens (tertiary/aromatic N) is 2. The molecule has 0 N–H and O–H groups in total. The summed E-state index contributed by atoms with van der Waals surface area (Å²) in [6, 6.07) is 33.9. The van der Waals surface area contributed by atoms with Crippen LogP contribution < -0.4 is 0 Å². The van der Waals surface area contributed by atoms with Crippen LogP contribution >= 0.6 is 0 Å². The third kappa shape index (κ3) is 4.35. The Kier molecular flexibility index (Phi) is 5.96. The zero-order chi connectivity index (χ0) is 20.2. The average molecular weight is 397 g/mol. The molecule has 2 aliphatic heterocycles. The molecule has 0 aliphatic carbocycles. The maximum atomic E-state index is 2.79. The van der Waals surface area contributed by atoms with Gasteiger partial charge in [-0.05, 0) is 48.5 Å². The minimum Gasteiger partial charge on any atom is -0.298 e. The molecule has 2 aliphatic rings. The average Bonchev–Trinajstić information content (AvgIpc) is 3.25. The minimum absolute atomic E-state index is 0.600. The van der Waals surface area contributed by atoms with E-state index in [4.69, 9.17) is 0 Å². The van der Waals surface area contributed by atoms with Gasteiger partial charge in [-0.25, -0.2) is 0 Å². The number of hydrogen-bond donors (Lipinski definition) is 0. The fourth-order valence-electron chi connectivity index (χ4n) is 5.52. The van der Waals surface area contributed by atoms with Gasteiger partial charge < -0.3 is 0 Å². The van der Waals surface area contributed by atoms with Gasteiger partial charge >= 0.3 is 0 Å². The molecule has 3 aromatic carbocycles. The van der Waals surface area contributed by atoms with Crippen molar-refractivity contribution in [3.8, 4) is 0 Å². The van der Waals surface area contributed by atoms with E-state index in [9.17, 15) is 0 Å². The number of benzene rings is 3. The van der Waals surface area contributed by atoms with Gasteiger partial charge in [-0.3, -0.25) is 9.80 Å². The van der Waals surface area contributed by atoms with E-state index in [2.05, 4.69) is 101 Å². The molecule has 0 bridgehead atoms. The Hall–Kier alpha value is -2.42. The summed E-state index contributed by atoms with van der Waals surface area (Å²) in [5.74, 6) is 1.32. The van der Waals surface area contributed by atoms with Gasteiger partial charge in [-0.2, -0.15) is 0 Å². The Morgan fingerprint density at radius 3 is 1.83 bits per heavy atom. The van der Waals surface area contributed by atoms with Crippen molar-refractivity contribution in [3.63, 3.8) is 0 Å². The molecular weight excluding hydrogens is 364 g/mol. The van der Waals surface area contributed by atoms with Crippen molar-refractivity contribution >= 4 is 0 Å². The second-order valence-corrected chi connectivity index (χ2v) is 8.99. The highest BCUT2D eigenvalue weighted by Crippen LogP contribution is 2.36. The largest absolute Gasteiger partial charge is 0.298 e. The standard InChI is InChI=1S/C28H32N2/c1-4-10-23(11-5-1)20-29-21-27(26-14-8-3-9-15-26)28(22-29)30-18-16-25(17-19-30)24-12-6-2-7-13-24/h1-15,25,27-28H,16-22H2/t27-,28+/m0/s1. The lowest BCUT2D eigenvalue weighted by atomic mass is 9.87. The third-order valence-corrected chi connectivity index (χ3v) is 7.11. The van der Waals surface area contributed by atoms with Crippen LogP contribution in [0.1, 0.15) is 41.4 Å². The summed E-state index contributed by atoms with van der Waals surface area (Å²) in [5, 5.41) is 0. The number of piperidine rings is 1. The predicted octanol–water partition coefficient (Wildman–Crippen LogP) is 5.53. The molecule has 0 amide bonds. The van der Waals surface area contributed by atoms with Gasteiger partial charge in [0, 0.05) is 31.6 Å². The van der Waals surface area contributed by atoms with E-state index in [1.54, 1.807) is 0 Å². The highest BCUT2D eigenvalue weighted by Gasteiger charge is 2.38. The Morgan fingerprint density at radius 1 is 0.633 bits per heavy atom. The number of hydrogen-bond acceptors (Lipinski definition) is 2. The maximum Gasteiger partial charge on any atom is 0.0304 e. The molecule has 0 saturated carbocycles. The highest BCUT2D eigenvalue weighted by molar-refractivity contribution is 5.25. The lowest BCUT2D eigenvalue weighted by Gasteiger charge is -2.38. The molecule has 0 spiro atoms. The lowest BCUT2D eigenvalue weighted by molar-refractivity contribution is 0.143. The topological polar surface area (TPSA) is 6.48 Å². The normalized spacial score (nSPS) is 23.6. The van der Waals surface area contributed by atoms with Crippen LogP contribution in [0.3, 0.4) is 0 Å². The molecule has 2 nitrogen and oxygen atoms in total. The van der Waals surface area contributed by atoms with Crippen molar-refractivity contribution in [2.24, 2.45) is 0 Å². The number of rotatable bonds is 5. The smallest absolute Gasteiger partial charge is 0.0304 e. The molecule has 2 heterocycles. The van der Waals surface area contributed by atoms with Crippen LogP contribution in [0, 0.1) is 0 Å². The summed E-state index contributed by atoms with van der Waals surface area (Å²) in [6.07, 6.45) is 2.56. The lowest BCUT2D eigenvalue weighted by Crippen LogP contribution is -2.44. The van der Waals surface area contributed by atoms with Crippen molar-refractivity contribution in [3.05, 3.63) is 108 Å². The predicted molar refractivity (Wildman–Crippen MR) is 125 cm³/mol. The van der Waals surface area contributed by atoms with Gasteiger partial charge in [0.25, 0.3) is 0 Å². The molecule has 0 aromatic heterocycles. The fourth-order valence-corrected chi connectivity index (χ4v) is 5.52. The van der Waals surface area contributed by atoms with Gasteiger partial charge in [-0.1, -0.05) is 91.0 Å². The first-order valence-electron chi connectivity index (χ1n) is 11.5. The van der Waals surface area contributed by atoms with Crippen LogP contribution in [-0.4, -0.2) is 42.0 Å². The third-order valence-electron chi connectivity index (χ3n) is 7.11. The van der Waals surface area contributed by atoms with E-state index < -0.39 is 0 Å².